The van der Waals surface area contributed by atoms with Crippen LogP contribution in [-0.2, 0) is 35.0 Å². The van der Waals surface area contributed by atoms with Crippen LogP contribution < -0.4 is 0 Å². The first-order valence-corrected chi connectivity index (χ1v) is 15.9. The van der Waals surface area contributed by atoms with E-state index in [0.29, 0.717) is 32.5 Å². The van der Waals surface area contributed by atoms with Gasteiger partial charge in [0.2, 0.25) is 0 Å². The second kappa shape index (κ2) is 1.16. The van der Waals surface area contributed by atoms with Crippen molar-refractivity contribution >= 4 is 11.9 Å². The number of epoxide rings is 2. The van der Waals surface area contributed by atoms with Crippen molar-refractivity contribution in [3.63, 3.8) is 0 Å². The summed E-state index contributed by atoms with van der Waals surface area (Å²) in [6, 6.07) is 0. The van der Waals surface area contributed by atoms with E-state index in [-0.39, 0.29) is 32.8 Å². The molecule has 12 fully saturated rings. The molecular formula is C18H18FeO6. The Bertz CT molecular complexity index is 1220. The first-order valence-electron chi connectivity index (χ1n) is 9.72. The Balaban J connectivity index is 1.11. The summed E-state index contributed by atoms with van der Waals surface area (Å²) in [5, 5.41) is 0. The Hall–Kier alpha value is -0.621. The Morgan fingerprint density at radius 2 is 1.16 bits per heavy atom. The minimum absolute atomic E-state index is 0.0849. The topological polar surface area (TPSA) is 77.7 Å². The van der Waals surface area contributed by atoms with Crippen LogP contribution in [0.4, 0.5) is 0 Å². The third kappa shape index (κ3) is 0.166. The van der Waals surface area contributed by atoms with Crippen molar-refractivity contribution in [3.05, 3.63) is 0 Å². The maximum atomic E-state index is 13.4. The van der Waals surface area contributed by atoms with Gasteiger partial charge in [0, 0.05) is 0 Å². The van der Waals surface area contributed by atoms with Crippen LogP contribution in [0.25, 0.3) is 0 Å². The summed E-state index contributed by atoms with van der Waals surface area (Å²) in [6.07, 6.45) is 0.268. The summed E-state index contributed by atoms with van der Waals surface area (Å²) in [4.78, 5) is 32.8. The van der Waals surface area contributed by atoms with Gasteiger partial charge in [0.1, 0.15) is 0 Å². The molecule has 0 aliphatic carbocycles. The molecule has 0 bridgehead atoms. The van der Waals surface area contributed by atoms with Crippen LogP contribution in [0.5, 0.6) is 0 Å². The van der Waals surface area contributed by atoms with E-state index in [2.05, 4.69) is 0 Å². The summed E-state index contributed by atoms with van der Waals surface area (Å²) in [6.45, 7) is -1.79. The van der Waals surface area contributed by atoms with Crippen molar-refractivity contribution in [2.45, 2.75) is 59.4 Å². The van der Waals surface area contributed by atoms with E-state index in [9.17, 15) is 9.59 Å². The van der Waals surface area contributed by atoms with Crippen LogP contribution in [0.3, 0.4) is 0 Å². The van der Waals surface area contributed by atoms with Gasteiger partial charge in [-0.1, -0.05) is 0 Å². The Morgan fingerprint density at radius 1 is 0.800 bits per heavy atom. The third-order valence-corrected chi connectivity index (χ3v) is 59.6. The van der Waals surface area contributed by atoms with Gasteiger partial charge in [-0.25, -0.2) is 0 Å². The summed E-state index contributed by atoms with van der Waals surface area (Å²) >= 11 is 0. The number of rotatable bonds is 6. The average Bonchev–Trinajstić information content (AvgIpc) is 3.27. The molecule has 134 valence electrons. The molecular weight excluding hydrogens is 368 g/mol. The van der Waals surface area contributed by atoms with E-state index in [1.807, 2.05) is 0 Å². The molecule has 12 heterocycles. The normalized spacial score (nSPS) is 97.6. The van der Waals surface area contributed by atoms with Gasteiger partial charge in [0.05, 0.1) is 0 Å². The molecule has 12 saturated heterocycles. The molecule has 7 heteroatoms. The van der Waals surface area contributed by atoms with E-state index >= 15 is 0 Å². The molecule has 0 saturated carbocycles. The molecule has 0 amide bonds. The van der Waals surface area contributed by atoms with E-state index in [1.165, 1.54) is 0 Å². The van der Waals surface area contributed by atoms with Crippen molar-refractivity contribution in [3.8, 4) is 0 Å². The molecule has 0 aromatic rings. The molecule has 0 N–H and O–H groups in total. The van der Waals surface area contributed by atoms with Gasteiger partial charge < -0.3 is 0 Å². The summed E-state index contributed by atoms with van der Waals surface area (Å²) in [5.74, 6) is 0.236. The molecule has 0 aromatic carbocycles. The molecule has 25 heavy (non-hydrogen) atoms. The minimum atomic E-state index is -4.12. The number of ether oxygens (including phenoxy) is 4. The second-order valence-electron chi connectivity index (χ2n) is 12.9. The molecule has 0 aromatic heterocycles. The second-order valence-corrected chi connectivity index (χ2v) is 36.1. The van der Waals surface area contributed by atoms with Gasteiger partial charge in [-0.15, -0.1) is 0 Å². The molecule has 0 radical (unpaired) electrons. The molecule has 10 unspecified atom stereocenters. The van der Waals surface area contributed by atoms with E-state index in [1.54, 1.807) is 0 Å². The molecule has 12 aliphatic heterocycles. The van der Waals surface area contributed by atoms with Crippen LogP contribution in [-0.4, -0.2) is 50.6 Å². The number of carbonyl (C=O) groups is 2. The number of hydrogen-bond donors (Lipinski definition) is 0. The third-order valence-electron chi connectivity index (χ3n) is 17.0. The number of fused-ring (bicyclic) bond motifs is 10. The quantitative estimate of drug-likeness (QED) is 0.395. The van der Waals surface area contributed by atoms with Crippen molar-refractivity contribution < 1.29 is 35.0 Å². The van der Waals surface area contributed by atoms with Crippen molar-refractivity contribution in [1.82, 2.24) is 0 Å². The SMILES string of the molecule is O=C(OCC1CO1)[C]12[CH]3[CH]4[CH]5[CH]1[Fe]45321678[CH]2[CH]1[CH]6[C]7(C(=O)OCC1CO1)[CH]28. The van der Waals surface area contributed by atoms with E-state index in [0.717, 1.165) is 32.5 Å². The molecule has 12 aliphatic rings. The Morgan fingerprint density at radius 3 is 1.44 bits per heavy atom. The Kier molecular flexibility index (Phi) is 0.495. The molecule has 6 nitrogen and oxygen atoms in total. The zero-order valence-electron chi connectivity index (χ0n) is 13.4. The standard InChI is InChI=1S/2C9H9O3.Fe/c2*10-9(7-3-1-2-4-7)12-6-8-5-11-8;/h2*1-4,8H,5-6H2;. The average molecular weight is 386 g/mol. The van der Waals surface area contributed by atoms with E-state index < -0.39 is 6.51 Å². The van der Waals surface area contributed by atoms with Crippen molar-refractivity contribution in [2.75, 3.05) is 26.4 Å². The zero-order valence-corrected chi connectivity index (χ0v) is 14.5. The first-order chi connectivity index (χ1) is 11.9. The van der Waals surface area contributed by atoms with Gasteiger partial charge >= 0.3 is 133 Å². The fourth-order valence-corrected chi connectivity index (χ4v) is 93.4. The number of carbonyl (C=O) groups excluding carboxylic acids is 2. The first kappa shape index (κ1) is 10.6. The molecule has 10 atom stereocenters. The molecule has 1 spiro atoms. The van der Waals surface area contributed by atoms with Crippen LogP contribution >= 0.6 is 0 Å². The van der Waals surface area contributed by atoms with Crippen LogP contribution in [0.2, 0.25) is 47.2 Å². The fraction of sp³-hybridized carbons (Fsp3) is 0.889. The summed E-state index contributed by atoms with van der Waals surface area (Å²) in [5.41, 5.74) is 0. The van der Waals surface area contributed by atoms with Gasteiger partial charge in [0.15, 0.2) is 0 Å². The zero-order chi connectivity index (χ0) is 15.9. The van der Waals surface area contributed by atoms with Crippen molar-refractivity contribution in [1.29, 1.82) is 0 Å². The Labute approximate surface area is 133 Å². The van der Waals surface area contributed by atoms with Gasteiger partial charge in [-0.3, -0.25) is 0 Å². The monoisotopic (exact) mass is 386 g/mol. The van der Waals surface area contributed by atoms with Gasteiger partial charge in [-0.2, -0.15) is 0 Å². The fourth-order valence-electron chi connectivity index (χ4n) is 18.5. The van der Waals surface area contributed by atoms with Crippen LogP contribution in [0.15, 0.2) is 0 Å². The molecule has 12 rings (SSSR count). The maximum absolute atomic E-state index is 13.4. The van der Waals surface area contributed by atoms with Crippen LogP contribution in [0, 0.1) is 0 Å². The van der Waals surface area contributed by atoms with Crippen LogP contribution in [0.1, 0.15) is 0 Å². The van der Waals surface area contributed by atoms with Gasteiger partial charge in [0.25, 0.3) is 0 Å². The number of esters is 2. The van der Waals surface area contributed by atoms with Gasteiger partial charge in [-0.05, 0) is 0 Å². The van der Waals surface area contributed by atoms with Crippen molar-refractivity contribution in [2.24, 2.45) is 0 Å². The summed E-state index contributed by atoms with van der Waals surface area (Å²) < 4.78 is 21.9. The number of hydrogen-bond acceptors (Lipinski definition) is 6. The predicted molar refractivity (Wildman–Crippen MR) is 76.8 cm³/mol. The summed E-state index contributed by atoms with van der Waals surface area (Å²) in [7, 11) is 0. The van der Waals surface area contributed by atoms with E-state index in [4.69, 9.17) is 18.9 Å². The predicted octanol–water partition coefficient (Wildman–Crippen LogP) is 2.00.